The number of hydrogen-bond donors (Lipinski definition) is 2. The fourth-order valence-electron chi connectivity index (χ4n) is 1.44. The first-order chi connectivity index (χ1) is 9.13. The summed E-state index contributed by atoms with van der Waals surface area (Å²) in [5.41, 5.74) is 3.15. The number of carbonyl (C=O) groups is 1. The van der Waals surface area contributed by atoms with E-state index in [0.29, 0.717) is 5.13 Å². The van der Waals surface area contributed by atoms with Crippen LogP contribution < -0.4 is 10.6 Å². The van der Waals surface area contributed by atoms with Gasteiger partial charge in [-0.2, -0.15) is 0 Å². The van der Waals surface area contributed by atoms with E-state index in [1.165, 1.54) is 16.9 Å². The second-order valence-electron chi connectivity index (χ2n) is 4.14. The van der Waals surface area contributed by atoms with Gasteiger partial charge >= 0.3 is 6.03 Å². The first kappa shape index (κ1) is 13.3. The molecule has 0 fully saturated rings. The summed E-state index contributed by atoms with van der Waals surface area (Å²) in [6.45, 7) is 3.92. The molecule has 0 saturated heterocycles. The van der Waals surface area contributed by atoms with Crippen LogP contribution in [0.5, 0.6) is 0 Å². The molecule has 4 nitrogen and oxygen atoms in total. The van der Waals surface area contributed by atoms with Crippen molar-refractivity contribution in [2.24, 2.45) is 0 Å². The van der Waals surface area contributed by atoms with Crippen LogP contribution in [0.25, 0.3) is 6.08 Å². The third-order valence-corrected chi connectivity index (χ3v) is 3.28. The summed E-state index contributed by atoms with van der Waals surface area (Å²) in [5, 5.41) is 7.79. The van der Waals surface area contributed by atoms with Crippen LogP contribution >= 0.6 is 11.3 Å². The zero-order valence-corrected chi connectivity index (χ0v) is 11.6. The summed E-state index contributed by atoms with van der Waals surface area (Å²) in [4.78, 5) is 15.7. The van der Waals surface area contributed by atoms with Crippen molar-refractivity contribution in [2.45, 2.75) is 13.8 Å². The molecule has 2 aromatic rings. The Hall–Kier alpha value is -2.14. The summed E-state index contributed by atoms with van der Waals surface area (Å²) in [7, 11) is 0. The van der Waals surface area contributed by atoms with E-state index in [9.17, 15) is 4.79 Å². The van der Waals surface area contributed by atoms with Crippen LogP contribution in [0.15, 0.2) is 35.8 Å². The minimum Gasteiger partial charge on any atom is -0.314 e. The zero-order chi connectivity index (χ0) is 13.7. The van der Waals surface area contributed by atoms with E-state index in [4.69, 9.17) is 0 Å². The number of thiazole rings is 1. The summed E-state index contributed by atoms with van der Waals surface area (Å²) in [6, 6.07) is 7.75. The molecule has 2 amide bonds. The summed E-state index contributed by atoms with van der Waals surface area (Å²) in [6.07, 6.45) is 3.45. The Morgan fingerprint density at radius 1 is 1.26 bits per heavy atom. The summed E-state index contributed by atoms with van der Waals surface area (Å²) >= 11 is 1.40. The Bertz CT molecular complexity index is 587. The molecule has 2 N–H and O–H groups in total. The minimum absolute atomic E-state index is 0.294. The summed E-state index contributed by atoms with van der Waals surface area (Å²) < 4.78 is 0. The van der Waals surface area contributed by atoms with Gasteiger partial charge < -0.3 is 5.32 Å². The highest BCUT2D eigenvalue weighted by molar-refractivity contribution is 7.13. The maximum absolute atomic E-state index is 11.6. The molecule has 0 aliphatic rings. The van der Waals surface area contributed by atoms with Crippen LogP contribution in [0, 0.1) is 13.8 Å². The molecule has 2 rings (SSSR count). The first-order valence-corrected chi connectivity index (χ1v) is 6.74. The van der Waals surface area contributed by atoms with E-state index in [1.807, 2.05) is 49.6 Å². The van der Waals surface area contributed by atoms with Gasteiger partial charge in [0.25, 0.3) is 0 Å². The monoisotopic (exact) mass is 273 g/mol. The minimum atomic E-state index is -0.294. The van der Waals surface area contributed by atoms with Gasteiger partial charge in [-0.3, -0.25) is 5.32 Å². The molecule has 1 heterocycles. The van der Waals surface area contributed by atoms with Crippen molar-refractivity contribution < 1.29 is 4.79 Å². The topological polar surface area (TPSA) is 54.0 Å². The van der Waals surface area contributed by atoms with Gasteiger partial charge in [-0.1, -0.05) is 29.8 Å². The van der Waals surface area contributed by atoms with E-state index in [-0.39, 0.29) is 6.03 Å². The second-order valence-corrected chi connectivity index (χ2v) is 4.99. The van der Waals surface area contributed by atoms with E-state index >= 15 is 0 Å². The third kappa shape index (κ3) is 4.22. The van der Waals surface area contributed by atoms with Crippen molar-refractivity contribution in [2.75, 3.05) is 5.32 Å². The number of hydrogen-bond acceptors (Lipinski definition) is 3. The second kappa shape index (κ2) is 6.15. The number of carbonyl (C=O) groups excluding carboxylic acids is 1. The van der Waals surface area contributed by atoms with E-state index in [2.05, 4.69) is 15.6 Å². The molecule has 0 saturated carbocycles. The van der Waals surface area contributed by atoms with Crippen molar-refractivity contribution in [1.82, 2.24) is 10.3 Å². The Morgan fingerprint density at radius 3 is 2.63 bits per heavy atom. The van der Waals surface area contributed by atoms with Gasteiger partial charge in [0.1, 0.15) is 0 Å². The molecule has 0 atom stereocenters. The molecule has 0 unspecified atom stereocenters. The Kier molecular flexibility index (Phi) is 4.30. The van der Waals surface area contributed by atoms with Crippen LogP contribution in [-0.2, 0) is 0 Å². The lowest BCUT2D eigenvalue weighted by Gasteiger charge is -2.00. The Balaban J connectivity index is 1.84. The first-order valence-electron chi connectivity index (χ1n) is 5.86. The SMILES string of the molecule is Cc1ccc(/C=C/NC(=O)Nc2nc(C)cs2)cc1. The van der Waals surface area contributed by atoms with E-state index < -0.39 is 0 Å². The molecule has 1 aromatic heterocycles. The smallest absolute Gasteiger partial charge is 0.314 e. The molecule has 1 aromatic carbocycles. The number of rotatable bonds is 3. The Morgan fingerprint density at radius 2 is 2.00 bits per heavy atom. The van der Waals surface area contributed by atoms with E-state index in [1.54, 1.807) is 6.20 Å². The lowest BCUT2D eigenvalue weighted by molar-refractivity contribution is 0.255. The van der Waals surface area contributed by atoms with Crippen LogP contribution in [0.3, 0.4) is 0 Å². The number of urea groups is 1. The fraction of sp³-hybridized carbons (Fsp3) is 0.143. The summed E-state index contributed by atoms with van der Waals surface area (Å²) in [5.74, 6) is 0. The molecular weight excluding hydrogens is 258 g/mol. The average molecular weight is 273 g/mol. The lowest BCUT2D eigenvalue weighted by atomic mass is 10.1. The molecule has 0 aliphatic heterocycles. The third-order valence-electron chi connectivity index (χ3n) is 2.41. The molecule has 5 heteroatoms. The van der Waals surface area contributed by atoms with E-state index in [0.717, 1.165) is 11.3 Å². The number of benzene rings is 1. The van der Waals surface area contributed by atoms with Gasteiger partial charge in [-0.15, -0.1) is 11.3 Å². The van der Waals surface area contributed by atoms with Gasteiger partial charge in [0.15, 0.2) is 5.13 Å². The normalized spacial score (nSPS) is 10.6. The van der Waals surface area contributed by atoms with Crippen molar-refractivity contribution in [3.63, 3.8) is 0 Å². The molecule has 0 spiro atoms. The highest BCUT2D eigenvalue weighted by Gasteiger charge is 2.02. The highest BCUT2D eigenvalue weighted by Crippen LogP contribution is 2.13. The molecule has 0 aliphatic carbocycles. The molecule has 98 valence electrons. The van der Waals surface area contributed by atoms with Crippen molar-refractivity contribution >= 4 is 28.6 Å². The molecule has 0 bridgehead atoms. The van der Waals surface area contributed by atoms with Crippen LogP contribution in [0.2, 0.25) is 0 Å². The largest absolute Gasteiger partial charge is 0.325 e. The standard InChI is InChI=1S/C14H15N3OS/c1-10-3-5-12(6-4-10)7-8-15-13(18)17-14-16-11(2)9-19-14/h3-9H,1-2H3,(H2,15,16,17,18)/b8-7+. The fourth-order valence-corrected chi connectivity index (χ4v) is 2.12. The number of aromatic nitrogens is 1. The lowest BCUT2D eigenvalue weighted by Crippen LogP contribution is -2.23. The number of aryl methyl sites for hydroxylation is 2. The molecule has 19 heavy (non-hydrogen) atoms. The molecule has 0 radical (unpaired) electrons. The predicted octanol–water partition coefficient (Wildman–Crippen LogP) is 3.55. The molecular formula is C14H15N3OS. The van der Waals surface area contributed by atoms with Crippen molar-refractivity contribution in [3.05, 3.63) is 52.7 Å². The number of nitrogens with zero attached hydrogens (tertiary/aromatic N) is 1. The maximum Gasteiger partial charge on any atom is 0.325 e. The van der Waals surface area contributed by atoms with Crippen LogP contribution in [0.4, 0.5) is 9.93 Å². The quantitative estimate of drug-likeness (QED) is 0.898. The number of anilines is 1. The van der Waals surface area contributed by atoms with Crippen molar-refractivity contribution in [1.29, 1.82) is 0 Å². The van der Waals surface area contributed by atoms with Crippen LogP contribution in [0.1, 0.15) is 16.8 Å². The number of amides is 2. The average Bonchev–Trinajstić information content (AvgIpc) is 2.77. The van der Waals surface area contributed by atoms with Crippen LogP contribution in [-0.4, -0.2) is 11.0 Å². The maximum atomic E-state index is 11.6. The highest BCUT2D eigenvalue weighted by atomic mass is 32.1. The van der Waals surface area contributed by atoms with Gasteiger partial charge in [-0.05, 0) is 25.5 Å². The number of nitrogens with one attached hydrogen (secondary N) is 2. The van der Waals surface area contributed by atoms with Gasteiger partial charge in [0.05, 0.1) is 5.69 Å². The van der Waals surface area contributed by atoms with Crippen molar-refractivity contribution in [3.8, 4) is 0 Å². The zero-order valence-electron chi connectivity index (χ0n) is 10.8. The predicted molar refractivity (Wildman–Crippen MR) is 79.2 cm³/mol. The Labute approximate surface area is 116 Å². The van der Waals surface area contributed by atoms with Gasteiger partial charge in [0, 0.05) is 11.6 Å². The van der Waals surface area contributed by atoms with Gasteiger partial charge in [0.2, 0.25) is 0 Å². The van der Waals surface area contributed by atoms with Gasteiger partial charge in [-0.25, -0.2) is 9.78 Å².